The molecule has 6 nitrogen and oxygen atoms in total. The van der Waals surface area contributed by atoms with Gasteiger partial charge in [-0.2, -0.15) is 0 Å². The summed E-state index contributed by atoms with van der Waals surface area (Å²) in [5.74, 6) is -0.340. The second-order valence-corrected chi connectivity index (χ2v) is 5.69. The van der Waals surface area contributed by atoms with Crippen LogP contribution in [0.15, 0.2) is 59.2 Å². The maximum atomic E-state index is 12.3. The molecule has 1 heterocycles. The maximum absolute atomic E-state index is 12.3. The molecule has 0 aliphatic carbocycles. The van der Waals surface area contributed by atoms with Crippen LogP contribution in [0.3, 0.4) is 0 Å². The van der Waals surface area contributed by atoms with Crippen molar-refractivity contribution in [1.29, 1.82) is 0 Å². The summed E-state index contributed by atoms with van der Waals surface area (Å²) >= 11 is 3.39. The Bertz CT molecular complexity index is 910. The minimum absolute atomic E-state index is 0.0557. The number of fused-ring (bicyclic) bond motifs is 1. The Kier molecular flexibility index (Phi) is 4.03. The van der Waals surface area contributed by atoms with Crippen LogP contribution in [0.25, 0.3) is 10.9 Å². The molecule has 0 aliphatic rings. The SMILES string of the molecule is O=C(Nc1ccnc2ccc(Br)cc12)c1ccc([N+](=O)[O-])cc1. The van der Waals surface area contributed by atoms with Gasteiger partial charge in [0, 0.05) is 33.8 Å². The number of nitrogens with one attached hydrogen (secondary N) is 1. The fourth-order valence-corrected chi connectivity index (χ4v) is 2.52. The first-order valence-corrected chi connectivity index (χ1v) is 7.44. The normalized spacial score (nSPS) is 10.5. The molecule has 0 bridgehead atoms. The van der Waals surface area contributed by atoms with Crippen LogP contribution in [-0.2, 0) is 0 Å². The molecule has 0 unspecified atom stereocenters. The molecule has 0 aliphatic heterocycles. The van der Waals surface area contributed by atoms with Crippen LogP contribution >= 0.6 is 15.9 Å². The van der Waals surface area contributed by atoms with Crippen LogP contribution in [0.2, 0.25) is 0 Å². The van der Waals surface area contributed by atoms with Crippen LogP contribution in [0.4, 0.5) is 11.4 Å². The van der Waals surface area contributed by atoms with E-state index in [-0.39, 0.29) is 11.6 Å². The summed E-state index contributed by atoms with van der Waals surface area (Å²) in [6.45, 7) is 0. The van der Waals surface area contributed by atoms with Gasteiger partial charge in [-0.1, -0.05) is 15.9 Å². The number of halogens is 1. The average molecular weight is 372 g/mol. The van der Waals surface area contributed by atoms with Crippen molar-refractivity contribution in [2.75, 3.05) is 5.32 Å². The number of carbonyl (C=O) groups is 1. The van der Waals surface area contributed by atoms with Crippen molar-refractivity contribution in [2.24, 2.45) is 0 Å². The number of non-ortho nitro benzene ring substituents is 1. The molecule has 0 spiro atoms. The van der Waals surface area contributed by atoms with Crippen molar-refractivity contribution in [3.63, 3.8) is 0 Å². The second-order valence-electron chi connectivity index (χ2n) is 4.78. The first-order valence-electron chi connectivity index (χ1n) is 6.65. The van der Waals surface area contributed by atoms with Crippen LogP contribution in [-0.4, -0.2) is 15.8 Å². The van der Waals surface area contributed by atoms with Gasteiger partial charge in [-0.05, 0) is 36.4 Å². The van der Waals surface area contributed by atoms with Crippen LogP contribution < -0.4 is 5.32 Å². The molecule has 0 saturated carbocycles. The van der Waals surface area contributed by atoms with Crippen molar-refractivity contribution in [2.45, 2.75) is 0 Å². The lowest BCUT2D eigenvalue weighted by Crippen LogP contribution is -2.12. The number of amides is 1. The summed E-state index contributed by atoms with van der Waals surface area (Å²) in [5.41, 5.74) is 1.67. The van der Waals surface area contributed by atoms with E-state index in [1.54, 1.807) is 12.3 Å². The predicted molar refractivity (Wildman–Crippen MR) is 90.5 cm³/mol. The van der Waals surface area contributed by atoms with Gasteiger partial charge in [0.1, 0.15) is 0 Å². The molecule has 2 aromatic carbocycles. The zero-order chi connectivity index (χ0) is 16.4. The molecule has 1 N–H and O–H groups in total. The minimum Gasteiger partial charge on any atom is -0.321 e. The fraction of sp³-hybridized carbons (Fsp3) is 0. The largest absolute Gasteiger partial charge is 0.321 e. The Morgan fingerprint density at radius 2 is 1.87 bits per heavy atom. The predicted octanol–water partition coefficient (Wildman–Crippen LogP) is 4.16. The van der Waals surface area contributed by atoms with E-state index in [1.165, 1.54) is 24.3 Å². The van der Waals surface area contributed by atoms with E-state index < -0.39 is 4.92 Å². The maximum Gasteiger partial charge on any atom is 0.269 e. The van der Waals surface area contributed by atoms with Crippen molar-refractivity contribution < 1.29 is 9.72 Å². The van der Waals surface area contributed by atoms with Crippen molar-refractivity contribution >= 4 is 44.1 Å². The lowest BCUT2D eigenvalue weighted by molar-refractivity contribution is -0.384. The molecular formula is C16H10BrN3O3. The number of carbonyl (C=O) groups excluding carboxylic acids is 1. The molecule has 0 saturated heterocycles. The van der Waals surface area contributed by atoms with E-state index in [1.807, 2.05) is 18.2 Å². The third-order valence-corrected chi connectivity index (χ3v) is 3.79. The Labute approximate surface area is 139 Å². The summed E-state index contributed by atoms with van der Waals surface area (Å²) in [7, 11) is 0. The minimum atomic E-state index is -0.504. The summed E-state index contributed by atoms with van der Waals surface area (Å²) < 4.78 is 0.879. The number of hydrogen-bond acceptors (Lipinski definition) is 4. The van der Waals surface area contributed by atoms with Gasteiger partial charge < -0.3 is 5.32 Å². The number of nitro groups is 1. The molecule has 23 heavy (non-hydrogen) atoms. The number of aromatic nitrogens is 1. The van der Waals surface area contributed by atoms with Gasteiger partial charge in [-0.25, -0.2) is 0 Å². The van der Waals surface area contributed by atoms with Crippen molar-refractivity contribution in [1.82, 2.24) is 4.98 Å². The monoisotopic (exact) mass is 371 g/mol. The Morgan fingerprint density at radius 3 is 2.57 bits per heavy atom. The zero-order valence-corrected chi connectivity index (χ0v) is 13.3. The number of anilines is 1. The average Bonchev–Trinajstić information content (AvgIpc) is 2.55. The number of hydrogen-bond donors (Lipinski definition) is 1. The van der Waals surface area contributed by atoms with Gasteiger partial charge in [0.05, 0.1) is 16.1 Å². The number of rotatable bonds is 3. The highest BCUT2D eigenvalue weighted by Crippen LogP contribution is 2.25. The van der Waals surface area contributed by atoms with E-state index in [0.29, 0.717) is 11.3 Å². The van der Waals surface area contributed by atoms with Gasteiger partial charge >= 0.3 is 0 Å². The highest BCUT2D eigenvalue weighted by atomic mass is 79.9. The number of nitro benzene ring substituents is 1. The van der Waals surface area contributed by atoms with Crippen molar-refractivity contribution in [3.05, 3.63) is 74.9 Å². The Morgan fingerprint density at radius 1 is 1.13 bits per heavy atom. The van der Waals surface area contributed by atoms with Gasteiger partial charge in [-0.3, -0.25) is 19.9 Å². The van der Waals surface area contributed by atoms with Gasteiger partial charge in [0.2, 0.25) is 0 Å². The van der Waals surface area contributed by atoms with Gasteiger partial charge in [-0.15, -0.1) is 0 Å². The molecule has 0 radical (unpaired) electrons. The molecule has 3 aromatic rings. The number of pyridine rings is 1. The van der Waals surface area contributed by atoms with E-state index >= 15 is 0 Å². The Balaban J connectivity index is 1.91. The third kappa shape index (κ3) is 3.19. The molecule has 0 atom stereocenters. The zero-order valence-electron chi connectivity index (χ0n) is 11.7. The van der Waals surface area contributed by atoms with Crippen LogP contribution in [0.5, 0.6) is 0 Å². The number of benzene rings is 2. The van der Waals surface area contributed by atoms with E-state index in [2.05, 4.69) is 26.2 Å². The first kappa shape index (κ1) is 15.1. The Hall–Kier alpha value is -2.80. The van der Waals surface area contributed by atoms with E-state index in [4.69, 9.17) is 0 Å². The van der Waals surface area contributed by atoms with Crippen LogP contribution in [0, 0.1) is 10.1 Å². The summed E-state index contributed by atoms with van der Waals surface area (Å²) in [6, 6.07) is 12.7. The standard InChI is InChI=1S/C16H10BrN3O3/c17-11-3-6-14-13(9-11)15(7-8-18-14)19-16(21)10-1-4-12(5-2-10)20(22)23/h1-9H,(H,18,19,21). The molecule has 3 rings (SSSR count). The highest BCUT2D eigenvalue weighted by Gasteiger charge is 2.11. The first-order chi connectivity index (χ1) is 11.0. The number of nitrogens with zero attached hydrogens (tertiary/aromatic N) is 2. The highest BCUT2D eigenvalue weighted by molar-refractivity contribution is 9.10. The summed E-state index contributed by atoms with van der Waals surface area (Å²) in [5, 5.41) is 14.3. The summed E-state index contributed by atoms with van der Waals surface area (Å²) in [4.78, 5) is 26.7. The van der Waals surface area contributed by atoms with E-state index in [9.17, 15) is 14.9 Å². The molecule has 0 fully saturated rings. The lowest BCUT2D eigenvalue weighted by atomic mass is 10.1. The molecule has 114 valence electrons. The quantitative estimate of drug-likeness (QED) is 0.553. The van der Waals surface area contributed by atoms with Crippen molar-refractivity contribution in [3.8, 4) is 0 Å². The fourth-order valence-electron chi connectivity index (χ4n) is 2.16. The van der Waals surface area contributed by atoms with Crippen LogP contribution in [0.1, 0.15) is 10.4 Å². The smallest absolute Gasteiger partial charge is 0.269 e. The molecule has 1 amide bonds. The van der Waals surface area contributed by atoms with E-state index in [0.717, 1.165) is 15.4 Å². The van der Waals surface area contributed by atoms with Gasteiger partial charge in [0.25, 0.3) is 11.6 Å². The molecule has 7 heteroatoms. The lowest BCUT2D eigenvalue weighted by Gasteiger charge is -2.08. The second kappa shape index (κ2) is 6.13. The topological polar surface area (TPSA) is 85.1 Å². The molecular weight excluding hydrogens is 362 g/mol. The van der Waals surface area contributed by atoms with Gasteiger partial charge in [0.15, 0.2) is 0 Å². The summed E-state index contributed by atoms with van der Waals surface area (Å²) in [6.07, 6.45) is 1.61. The molecule has 1 aromatic heterocycles. The third-order valence-electron chi connectivity index (χ3n) is 3.29.